The molecule has 0 unspecified atom stereocenters. The quantitative estimate of drug-likeness (QED) is 0.300. The Kier molecular flexibility index (Phi) is 10.3. The van der Waals surface area contributed by atoms with Gasteiger partial charge in [0.1, 0.15) is 5.82 Å². The fourth-order valence-electron chi connectivity index (χ4n) is 6.60. The molecule has 12 heteroatoms. The predicted molar refractivity (Wildman–Crippen MR) is 166 cm³/mol. The highest BCUT2D eigenvalue weighted by Gasteiger charge is 2.44. The molecule has 3 aromatic rings. The zero-order chi connectivity index (χ0) is 32.2. The van der Waals surface area contributed by atoms with Gasteiger partial charge in [-0.25, -0.2) is 21.6 Å². The summed E-state index contributed by atoms with van der Waals surface area (Å²) in [4.78, 5) is 13.8. The molecule has 2 aliphatic rings. The summed E-state index contributed by atoms with van der Waals surface area (Å²) < 4.78 is 77.3. The number of benzene rings is 3. The number of nitrogens with two attached hydrogens (primary N) is 1. The molecule has 5 rings (SSSR count). The summed E-state index contributed by atoms with van der Waals surface area (Å²) in [6.45, 7) is 3.42. The highest BCUT2D eigenvalue weighted by Crippen LogP contribution is 2.39. The normalized spacial score (nSPS) is 21.3. The highest BCUT2D eigenvalue weighted by atomic mass is 32.2. The first-order chi connectivity index (χ1) is 21.5. The summed E-state index contributed by atoms with van der Waals surface area (Å²) in [5.41, 5.74) is 6.47. The van der Waals surface area contributed by atoms with Crippen LogP contribution >= 0.6 is 0 Å². The largest absolute Gasteiger partial charge is 0.381 e. The van der Waals surface area contributed by atoms with E-state index in [9.17, 15) is 22.0 Å². The molecule has 3 aromatic carbocycles. The van der Waals surface area contributed by atoms with Gasteiger partial charge >= 0.3 is 0 Å². The zero-order valence-electron chi connectivity index (χ0n) is 25.1. The van der Waals surface area contributed by atoms with Gasteiger partial charge in [-0.3, -0.25) is 4.79 Å². The third-order valence-corrected chi connectivity index (χ3v) is 11.1. The van der Waals surface area contributed by atoms with E-state index in [2.05, 4.69) is 10.6 Å². The Morgan fingerprint density at radius 2 is 1.76 bits per heavy atom. The smallest absolute Gasteiger partial charge is 0.243 e. The number of hydrogen-bond acceptors (Lipinski definition) is 6. The zero-order valence-corrected chi connectivity index (χ0v) is 26.0. The first-order valence-electron chi connectivity index (χ1n) is 15.2. The van der Waals surface area contributed by atoms with Crippen LogP contribution in [0.5, 0.6) is 0 Å². The van der Waals surface area contributed by atoms with E-state index in [1.807, 2.05) is 6.92 Å². The lowest BCUT2D eigenvalue weighted by Crippen LogP contribution is -2.58. The van der Waals surface area contributed by atoms with E-state index >= 15 is 4.39 Å². The summed E-state index contributed by atoms with van der Waals surface area (Å²) in [5, 5.41) is 6.09. The Morgan fingerprint density at radius 1 is 1.02 bits per heavy atom. The van der Waals surface area contributed by atoms with Gasteiger partial charge < -0.3 is 21.1 Å². The van der Waals surface area contributed by atoms with Crippen LogP contribution in [-0.2, 0) is 31.4 Å². The number of nitrogens with one attached hydrogen (secondary N) is 2. The lowest BCUT2D eigenvalue weighted by Gasteiger charge is -2.41. The molecule has 0 saturated carbocycles. The van der Waals surface area contributed by atoms with E-state index in [0.717, 1.165) is 12.1 Å². The van der Waals surface area contributed by atoms with Crippen LogP contribution < -0.4 is 16.4 Å². The summed E-state index contributed by atoms with van der Waals surface area (Å²) in [6.07, 6.45) is 1.79. The average Bonchev–Trinajstić information content (AvgIpc) is 3.04. The summed E-state index contributed by atoms with van der Waals surface area (Å²) >= 11 is 0. The molecular weight excluding hydrogens is 605 g/mol. The molecule has 0 aromatic heterocycles. The van der Waals surface area contributed by atoms with Crippen LogP contribution in [0.3, 0.4) is 0 Å². The second kappa shape index (κ2) is 14.0. The maximum atomic E-state index is 15.2. The molecule has 8 nitrogen and oxygen atoms in total. The summed E-state index contributed by atoms with van der Waals surface area (Å²) in [6, 6.07) is 14.4. The lowest BCUT2D eigenvalue weighted by molar-refractivity contribution is -0.120. The van der Waals surface area contributed by atoms with Gasteiger partial charge in [-0.1, -0.05) is 30.3 Å². The minimum Gasteiger partial charge on any atom is -0.381 e. The number of ether oxygens (including phenoxy) is 1. The number of carbonyl (C=O) groups excluding carboxylic acids is 1. The van der Waals surface area contributed by atoms with E-state index in [-0.39, 0.29) is 47.9 Å². The molecule has 1 amide bonds. The molecule has 0 aliphatic carbocycles. The Morgan fingerprint density at radius 3 is 2.47 bits per heavy atom. The van der Waals surface area contributed by atoms with Crippen LogP contribution in [-0.4, -0.2) is 63.1 Å². The molecule has 2 fully saturated rings. The van der Waals surface area contributed by atoms with Crippen molar-refractivity contribution in [1.82, 2.24) is 9.62 Å². The average molecular weight is 645 g/mol. The van der Waals surface area contributed by atoms with Gasteiger partial charge in [0.05, 0.1) is 10.9 Å². The minimum absolute atomic E-state index is 0.227. The fraction of sp³-hybridized carbons (Fsp3) is 0.424. The van der Waals surface area contributed by atoms with Crippen molar-refractivity contribution < 1.29 is 31.1 Å². The van der Waals surface area contributed by atoms with Crippen molar-refractivity contribution in [2.75, 3.05) is 31.6 Å². The molecule has 2 aliphatic heterocycles. The second-order valence-corrected chi connectivity index (χ2v) is 13.7. The van der Waals surface area contributed by atoms with Crippen LogP contribution in [0.15, 0.2) is 71.6 Å². The maximum absolute atomic E-state index is 15.2. The van der Waals surface area contributed by atoms with E-state index in [1.54, 1.807) is 40.7 Å². The number of rotatable bonds is 10. The summed E-state index contributed by atoms with van der Waals surface area (Å²) in [5.74, 6) is -3.12. The number of hydrogen-bond donors (Lipinski definition) is 3. The molecule has 0 spiro atoms. The highest BCUT2D eigenvalue weighted by molar-refractivity contribution is 7.89. The van der Waals surface area contributed by atoms with Gasteiger partial charge in [-0.15, -0.1) is 0 Å². The first-order valence-corrected chi connectivity index (χ1v) is 16.6. The van der Waals surface area contributed by atoms with Gasteiger partial charge in [0.2, 0.25) is 15.9 Å². The molecule has 0 bridgehead atoms. The number of anilines is 1. The number of nitrogens with zero attached hydrogens (tertiary/aromatic N) is 1. The number of amides is 1. The molecule has 242 valence electrons. The lowest BCUT2D eigenvalue weighted by atomic mass is 9.68. The Labute approximate surface area is 262 Å². The third kappa shape index (κ3) is 6.95. The monoisotopic (exact) mass is 644 g/mol. The topological polar surface area (TPSA) is 114 Å². The van der Waals surface area contributed by atoms with Crippen molar-refractivity contribution in [3.05, 3.63) is 95.3 Å². The van der Waals surface area contributed by atoms with Gasteiger partial charge in [0.25, 0.3) is 0 Å². The molecule has 4 N–H and O–H groups in total. The van der Waals surface area contributed by atoms with Crippen molar-refractivity contribution in [3.63, 3.8) is 0 Å². The van der Waals surface area contributed by atoms with Crippen LogP contribution in [0.1, 0.15) is 43.7 Å². The van der Waals surface area contributed by atoms with Crippen molar-refractivity contribution in [3.8, 4) is 0 Å². The standard InChI is InChI=1S/C33H39F3N4O4S/c1-22-20-38-21-24(40(22)45(42,43)25-8-3-2-4-9-25)7-5-10-26-27(34)11-6-12-30(26)39-32(41)31(37)33(15-17-44-18-16-33)23-13-14-28(35)29(36)19-23/h2-4,6,8-9,11-14,19,22,24,31,38H,5,7,10,15-18,20-21,37H2,1H3,(H,39,41)/t22-,24+,31-/m1/s1. The SMILES string of the molecule is C[C@@H]1CNC[C@H](CCCc2c(F)cccc2NC(=O)[C@@H](N)C2(c3ccc(F)c(F)c3)CCOCC2)N1S(=O)(=O)c1ccccc1. The van der Waals surface area contributed by atoms with Crippen LogP contribution in [0.4, 0.5) is 18.9 Å². The van der Waals surface area contributed by atoms with Crippen molar-refractivity contribution in [2.24, 2.45) is 5.73 Å². The van der Waals surface area contributed by atoms with Crippen molar-refractivity contribution in [1.29, 1.82) is 0 Å². The number of piperazine rings is 1. The van der Waals surface area contributed by atoms with Crippen LogP contribution in [0.2, 0.25) is 0 Å². The molecule has 45 heavy (non-hydrogen) atoms. The second-order valence-electron chi connectivity index (χ2n) is 11.8. The number of carbonyl (C=O) groups is 1. The predicted octanol–water partition coefficient (Wildman–Crippen LogP) is 4.49. The van der Waals surface area contributed by atoms with Crippen LogP contribution in [0, 0.1) is 17.5 Å². The van der Waals surface area contributed by atoms with E-state index in [0.29, 0.717) is 44.3 Å². The molecule has 2 saturated heterocycles. The third-order valence-electron chi connectivity index (χ3n) is 9.03. The molecule has 3 atom stereocenters. The Bertz CT molecular complexity index is 1600. The van der Waals surface area contributed by atoms with E-state index in [1.165, 1.54) is 18.2 Å². The molecule has 2 heterocycles. The van der Waals surface area contributed by atoms with Gasteiger partial charge in [-0.2, -0.15) is 4.31 Å². The Balaban J connectivity index is 1.32. The Hall–Kier alpha value is -3.29. The number of sulfonamides is 1. The van der Waals surface area contributed by atoms with Gasteiger partial charge in [0.15, 0.2) is 11.6 Å². The maximum Gasteiger partial charge on any atom is 0.243 e. The molecular formula is C33H39F3N4O4S. The van der Waals surface area contributed by atoms with Gasteiger partial charge in [-0.05, 0) is 81.0 Å². The van der Waals surface area contributed by atoms with Crippen LogP contribution in [0.25, 0.3) is 0 Å². The first kappa shape index (κ1) is 33.1. The van der Waals surface area contributed by atoms with Crippen molar-refractivity contribution in [2.45, 2.75) is 67.5 Å². The summed E-state index contributed by atoms with van der Waals surface area (Å²) in [7, 11) is -3.75. The fourth-order valence-corrected chi connectivity index (χ4v) is 8.47. The molecule has 0 radical (unpaired) electrons. The van der Waals surface area contributed by atoms with Crippen molar-refractivity contribution >= 4 is 21.6 Å². The van der Waals surface area contributed by atoms with E-state index in [4.69, 9.17) is 10.5 Å². The van der Waals surface area contributed by atoms with Gasteiger partial charge in [0, 0.05) is 55.1 Å². The van der Waals surface area contributed by atoms with E-state index < -0.39 is 44.8 Å². The minimum atomic E-state index is -3.75. The number of halogens is 3.